The molecule has 0 amide bonds. The molecule has 1 N–H and O–H groups in total. The summed E-state index contributed by atoms with van der Waals surface area (Å²) in [4.78, 5) is 4.37. The first kappa shape index (κ1) is 13.8. The fourth-order valence-corrected chi connectivity index (χ4v) is 2.68. The Morgan fingerprint density at radius 1 is 1.14 bits per heavy atom. The number of rotatable bonds is 5. The number of imidazole rings is 1. The van der Waals surface area contributed by atoms with E-state index < -0.39 is 6.10 Å². The molecule has 0 spiro atoms. The Balaban J connectivity index is 1.83. The van der Waals surface area contributed by atoms with Crippen LogP contribution in [0, 0.1) is 0 Å². The van der Waals surface area contributed by atoms with E-state index in [1.165, 1.54) is 5.39 Å². The summed E-state index contributed by atoms with van der Waals surface area (Å²) >= 11 is 0. The van der Waals surface area contributed by atoms with Gasteiger partial charge in [-0.05, 0) is 28.8 Å². The van der Waals surface area contributed by atoms with Crippen LogP contribution in [0.25, 0.3) is 10.8 Å². The Labute approximate surface area is 124 Å². The van der Waals surface area contributed by atoms with Gasteiger partial charge in [-0.25, -0.2) is 4.98 Å². The number of hydrogen-bond donors (Lipinski definition) is 1. The van der Waals surface area contributed by atoms with Crippen molar-refractivity contribution in [2.24, 2.45) is 0 Å². The number of aliphatic hydroxyl groups is 1. The number of aliphatic hydroxyl groups excluding tert-OH is 1. The van der Waals surface area contributed by atoms with E-state index in [2.05, 4.69) is 40.7 Å². The van der Waals surface area contributed by atoms with Crippen LogP contribution in [0.4, 0.5) is 0 Å². The Hall–Kier alpha value is -2.13. The molecule has 2 aromatic carbocycles. The van der Waals surface area contributed by atoms with Crippen molar-refractivity contribution in [3.05, 3.63) is 66.2 Å². The molecule has 1 heterocycles. The highest BCUT2D eigenvalue weighted by molar-refractivity contribution is 5.83. The van der Waals surface area contributed by atoms with Crippen molar-refractivity contribution in [2.75, 3.05) is 0 Å². The van der Waals surface area contributed by atoms with Crippen LogP contribution in [0.1, 0.15) is 30.8 Å². The van der Waals surface area contributed by atoms with Gasteiger partial charge in [-0.1, -0.05) is 43.3 Å². The zero-order chi connectivity index (χ0) is 14.7. The van der Waals surface area contributed by atoms with Crippen molar-refractivity contribution in [3.8, 4) is 0 Å². The summed E-state index contributed by atoms with van der Waals surface area (Å²) in [7, 11) is 0. The zero-order valence-corrected chi connectivity index (χ0v) is 12.2. The number of nitrogens with zero attached hydrogens (tertiary/aromatic N) is 2. The molecule has 1 unspecified atom stereocenters. The van der Waals surface area contributed by atoms with E-state index in [0.29, 0.717) is 6.42 Å². The molecular formula is C18H20N2O. The largest absolute Gasteiger partial charge is 0.388 e. The molecule has 21 heavy (non-hydrogen) atoms. The van der Waals surface area contributed by atoms with Crippen LogP contribution >= 0.6 is 0 Å². The standard InChI is InChI=1S/C18H20N2O/c1-2-10-20-11-9-19-18(20)13-17(21)16-8-7-14-5-3-4-6-15(14)12-16/h3-9,11-12,17,21H,2,10,13H2,1H3. The minimum atomic E-state index is -0.521. The molecule has 0 bridgehead atoms. The molecule has 3 nitrogen and oxygen atoms in total. The maximum Gasteiger partial charge on any atom is 0.111 e. The topological polar surface area (TPSA) is 38.0 Å². The first-order valence-electron chi connectivity index (χ1n) is 7.44. The smallest absolute Gasteiger partial charge is 0.111 e. The number of hydrogen-bond acceptors (Lipinski definition) is 2. The summed E-state index contributed by atoms with van der Waals surface area (Å²) in [6, 6.07) is 14.3. The van der Waals surface area contributed by atoms with Gasteiger partial charge >= 0.3 is 0 Å². The second-order valence-corrected chi connectivity index (χ2v) is 5.36. The monoisotopic (exact) mass is 280 g/mol. The van der Waals surface area contributed by atoms with Gasteiger partial charge < -0.3 is 9.67 Å². The van der Waals surface area contributed by atoms with Crippen molar-refractivity contribution in [1.82, 2.24) is 9.55 Å². The van der Waals surface area contributed by atoms with Gasteiger partial charge in [0.15, 0.2) is 0 Å². The second-order valence-electron chi connectivity index (χ2n) is 5.36. The Kier molecular flexibility index (Phi) is 4.02. The van der Waals surface area contributed by atoms with Gasteiger partial charge in [0.1, 0.15) is 5.82 Å². The third-order valence-corrected chi connectivity index (χ3v) is 3.80. The van der Waals surface area contributed by atoms with Crippen molar-refractivity contribution >= 4 is 10.8 Å². The second kappa shape index (κ2) is 6.10. The predicted molar refractivity (Wildman–Crippen MR) is 85.1 cm³/mol. The highest BCUT2D eigenvalue weighted by atomic mass is 16.3. The van der Waals surface area contributed by atoms with Gasteiger partial charge in [-0.15, -0.1) is 0 Å². The molecule has 1 atom stereocenters. The van der Waals surface area contributed by atoms with Crippen LogP contribution in [0.2, 0.25) is 0 Å². The first-order valence-corrected chi connectivity index (χ1v) is 7.44. The number of aromatic nitrogens is 2. The normalized spacial score (nSPS) is 12.7. The summed E-state index contributed by atoms with van der Waals surface area (Å²) in [5, 5.41) is 12.8. The number of aryl methyl sites for hydroxylation is 1. The van der Waals surface area contributed by atoms with Crippen molar-refractivity contribution < 1.29 is 5.11 Å². The van der Waals surface area contributed by atoms with Crippen molar-refractivity contribution in [1.29, 1.82) is 0 Å². The molecule has 0 saturated heterocycles. The van der Waals surface area contributed by atoms with E-state index in [4.69, 9.17) is 0 Å². The minimum Gasteiger partial charge on any atom is -0.388 e. The highest BCUT2D eigenvalue weighted by Gasteiger charge is 2.12. The van der Waals surface area contributed by atoms with Crippen LogP contribution in [0.3, 0.4) is 0 Å². The predicted octanol–water partition coefficient (Wildman–Crippen LogP) is 3.72. The summed E-state index contributed by atoms with van der Waals surface area (Å²) in [6.07, 6.45) is 4.87. The average Bonchev–Trinajstić information content (AvgIpc) is 2.94. The quantitative estimate of drug-likeness (QED) is 0.773. The van der Waals surface area contributed by atoms with Crippen molar-refractivity contribution in [2.45, 2.75) is 32.4 Å². The maximum atomic E-state index is 10.5. The molecule has 1 aromatic heterocycles. The van der Waals surface area contributed by atoms with Crippen LogP contribution in [0.5, 0.6) is 0 Å². The summed E-state index contributed by atoms with van der Waals surface area (Å²) in [5.74, 6) is 0.942. The lowest BCUT2D eigenvalue weighted by molar-refractivity contribution is 0.174. The molecule has 108 valence electrons. The molecule has 3 aromatic rings. The van der Waals surface area contributed by atoms with Gasteiger partial charge in [0, 0.05) is 25.4 Å². The molecule has 0 fully saturated rings. The highest BCUT2D eigenvalue weighted by Crippen LogP contribution is 2.22. The lowest BCUT2D eigenvalue weighted by Crippen LogP contribution is -2.09. The minimum absolute atomic E-state index is 0.521. The summed E-state index contributed by atoms with van der Waals surface area (Å²) < 4.78 is 2.12. The van der Waals surface area contributed by atoms with E-state index in [1.807, 2.05) is 24.4 Å². The third kappa shape index (κ3) is 2.98. The number of fused-ring (bicyclic) bond motifs is 1. The van der Waals surface area contributed by atoms with E-state index >= 15 is 0 Å². The van der Waals surface area contributed by atoms with Crippen molar-refractivity contribution in [3.63, 3.8) is 0 Å². The van der Waals surface area contributed by atoms with Gasteiger partial charge in [0.05, 0.1) is 6.10 Å². The fourth-order valence-electron chi connectivity index (χ4n) is 2.68. The van der Waals surface area contributed by atoms with E-state index in [-0.39, 0.29) is 0 Å². The van der Waals surface area contributed by atoms with E-state index in [0.717, 1.165) is 29.7 Å². The first-order chi connectivity index (χ1) is 10.3. The Bertz CT molecular complexity index is 733. The molecule has 0 radical (unpaired) electrons. The number of benzene rings is 2. The Morgan fingerprint density at radius 3 is 2.76 bits per heavy atom. The summed E-state index contributed by atoms with van der Waals surface area (Å²) in [6.45, 7) is 3.09. The average molecular weight is 280 g/mol. The zero-order valence-electron chi connectivity index (χ0n) is 12.2. The lowest BCUT2D eigenvalue weighted by atomic mass is 10.0. The van der Waals surface area contributed by atoms with Gasteiger partial charge in [-0.3, -0.25) is 0 Å². The lowest BCUT2D eigenvalue weighted by Gasteiger charge is -2.13. The molecule has 0 saturated carbocycles. The van der Waals surface area contributed by atoms with E-state index in [1.54, 1.807) is 6.20 Å². The summed E-state index contributed by atoms with van der Waals surface area (Å²) in [5.41, 5.74) is 0.944. The third-order valence-electron chi connectivity index (χ3n) is 3.80. The van der Waals surface area contributed by atoms with Gasteiger partial charge in [0.2, 0.25) is 0 Å². The Morgan fingerprint density at radius 2 is 1.95 bits per heavy atom. The van der Waals surface area contributed by atoms with Crippen LogP contribution < -0.4 is 0 Å². The fraction of sp³-hybridized carbons (Fsp3) is 0.278. The van der Waals surface area contributed by atoms with Crippen LogP contribution in [-0.4, -0.2) is 14.7 Å². The maximum absolute atomic E-state index is 10.5. The molecule has 0 aliphatic heterocycles. The van der Waals surface area contributed by atoms with Crippen LogP contribution in [-0.2, 0) is 13.0 Å². The molecule has 3 rings (SSSR count). The molecule has 0 aliphatic carbocycles. The molecule has 0 aliphatic rings. The van der Waals surface area contributed by atoms with E-state index in [9.17, 15) is 5.11 Å². The van der Waals surface area contributed by atoms with Gasteiger partial charge in [-0.2, -0.15) is 0 Å². The molecule has 3 heteroatoms. The van der Waals surface area contributed by atoms with Gasteiger partial charge in [0.25, 0.3) is 0 Å². The SMILES string of the molecule is CCCn1ccnc1CC(O)c1ccc2ccccc2c1. The molecular weight excluding hydrogens is 260 g/mol. The van der Waals surface area contributed by atoms with Crippen LogP contribution in [0.15, 0.2) is 54.9 Å².